The highest BCUT2D eigenvalue weighted by molar-refractivity contribution is 5.89. The van der Waals surface area contributed by atoms with Crippen LogP contribution < -0.4 is 10.1 Å². The molecule has 2 aromatic carbocycles. The number of aromatic nitrogens is 1. The number of hydrogen-bond donors (Lipinski definition) is 1. The molecule has 0 bridgehead atoms. The predicted molar refractivity (Wildman–Crippen MR) is 126 cm³/mol. The number of amides is 2. The van der Waals surface area contributed by atoms with Crippen molar-refractivity contribution in [2.75, 3.05) is 20.2 Å². The Kier molecular flexibility index (Phi) is 6.49. The van der Waals surface area contributed by atoms with Gasteiger partial charge < -0.3 is 19.5 Å². The van der Waals surface area contributed by atoms with Gasteiger partial charge in [0.05, 0.1) is 19.6 Å². The Labute approximate surface area is 189 Å². The summed E-state index contributed by atoms with van der Waals surface area (Å²) in [5.41, 5.74) is 4.64. The maximum absolute atomic E-state index is 12.8. The second-order valence-electron chi connectivity index (χ2n) is 8.50. The fraction of sp³-hybridized carbons (Fsp3) is 0.385. The molecule has 1 aliphatic heterocycles. The van der Waals surface area contributed by atoms with E-state index in [9.17, 15) is 9.59 Å². The first kappa shape index (κ1) is 21.9. The minimum absolute atomic E-state index is 0.0469. The number of aryl methyl sites for hydroxylation is 2. The lowest BCUT2D eigenvalue weighted by Gasteiger charge is -2.17. The molecule has 1 N–H and O–H groups in total. The van der Waals surface area contributed by atoms with Gasteiger partial charge in [-0.25, -0.2) is 0 Å². The second-order valence-corrected chi connectivity index (χ2v) is 8.50. The molecule has 1 atom stereocenters. The van der Waals surface area contributed by atoms with Gasteiger partial charge in [0.2, 0.25) is 11.8 Å². The van der Waals surface area contributed by atoms with Gasteiger partial charge in [-0.1, -0.05) is 23.8 Å². The Morgan fingerprint density at radius 1 is 1.16 bits per heavy atom. The lowest BCUT2D eigenvalue weighted by Crippen LogP contribution is -2.33. The smallest absolute Gasteiger partial charge is 0.225 e. The topological polar surface area (TPSA) is 63.6 Å². The Bertz CT molecular complexity index is 1120. The number of nitrogens with zero attached hydrogens (tertiary/aromatic N) is 2. The lowest BCUT2D eigenvalue weighted by molar-refractivity contribution is -0.129. The highest BCUT2D eigenvalue weighted by atomic mass is 16.5. The van der Waals surface area contributed by atoms with Crippen LogP contribution in [0.25, 0.3) is 10.9 Å². The van der Waals surface area contributed by atoms with Gasteiger partial charge in [-0.2, -0.15) is 0 Å². The van der Waals surface area contributed by atoms with E-state index in [0.29, 0.717) is 19.6 Å². The summed E-state index contributed by atoms with van der Waals surface area (Å²) in [4.78, 5) is 27.1. The van der Waals surface area contributed by atoms with E-state index in [-0.39, 0.29) is 24.2 Å². The van der Waals surface area contributed by atoms with Crippen LogP contribution in [0.5, 0.6) is 5.75 Å². The van der Waals surface area contributed by atoms with Crippen molar-refractivity contribution >= 4 is 22.7 Å². The quantitative estimate of drug-likeness (QED) is 0.589. The van der Waals surface area contributed by atoms with Crippen molar-refractivity contribution < 1.29 is 14.3 Å². The van der Waals surface area contributed by atoms with E-state index in [1.165, 1.54) is 16.5 Å². The molecule has 6 nitrogen and oxygen atoms in total. The number of likely N-dealkylation sites (tertiary alicyclic amines) is 1. The molecule has 1 aliphatic rings. The van der Waals surface area contributed by atoms with Gasteiger partial charge in [0.25, 0.3) is 0 Å². The first-order valence-corrected chi connectivity index (χ1v) is 11.3. The number of fused-ring (bicyclic) bond motifs is 1. The molecule has 32 heavy (non-hydrogen) atoms. The van der Waals surface area contributed by atoms with Crippen molar-refractivity contribution in [1.29, 1.82) is 0 Å². The van der Waals surface area contributed by atoms with Crippen molar-refractivity contribution in [3.63, 3.8) is 0 Å². The minimum atomic E-state index is -0.292. The van der Waals surface area contributed by atoms with Gasteiger partial charge in [0, 0.05) is 42.7 Å². The molecule has 0 saturated carbocycles. The monoisotopic (exact) mass is 433 g/mol. The third-order valence-corrected chi connectivity index (χ3v) is 6.32. The van der Waals surface area contributed by atoms with E-state index in [1.807, 2.05) is 24.3 Å². The van der Waals surface area contributed by atoms with Crippen LogP contribution in [0.4, 0.5) is 0 Å². The van der Waals surface area contributed by atoms with Gasteiger partial charge in [-0.3, -0.25) is 9.59 Å². The van der Waals surface area contributed by atoms with Crippen molar-refractivity contribution in [1.82, 2.24) is 14.8 Å². The molecule has 4 rings (SSSR count). The number of ether oxygens (including phenoxy) is 1. The van der Waals surface area contributed by atoms with E-state index < -0.39 is 0 Å². The Morgan fingerprint density at radius 2 is 1.94 bits per heavy atom. The van der Waals surface area contributed by atoms with Crippen molar-refractivity contribution in [3.05, 3.63) is 65.4 Å². The standard InChI is InChI=1S/C26H31N3O3/c1-4-29-22(14-20-13-18(2)5-10-24(20)29)16-27-26(31)21-15-25(30)28(17-21)12-11-19-6-8-23(32-3)9-7-19/h5-10,13-14,21H,4,11-12,15-17H2,1-3H3,(H,27,31)/t21-/m0/s1. The molecule has 0 spiro atoms. The fourth-order valence-electron chi connectivity index (χ4n) is 4.51. The molecule has 6 heteroatoms. The fourth-order valence-corrected chi connectivity index (χ4v) is 4.51. The number of benzene rings is 2. The first-order valence-electron chi connectivity index (χ1n) is 11.3. The zero-order valence-electron chi connectivity index (χ0n) is 19.1. The van der Waals surface area contributed by atoms with Crippen LogP contribution in [-0.2, 0) is 29.1 Å². The van der Waals surface area contributed by atoms with Crippen molar-refractivity contribution in [2.24, 2.45) is 5.92 Å². The van der Waals surface area contributed by atoms with Gasteiger partial charge in [0.15, 0.2) is 0 Å². The average Bonchev–Trinajstić information content (AvgIpc) is 3.35. The summed E-state index contributed by atoms with van der Waals surface area (Å²) in [6.45, 7) is 6.62. The summed E-state index contributed by atoms with van der Waals surface area (Å²) in [7, 11) is 1.64. The number of methoxy groups -OCH3 is 1. The Hall–Kier alpha value is -3.28. The normalized spacial score (nSPS) is 16.0. The van der Waals surface area contributed by atoms with Crippen molar-refractivity contribution in [3.8, 4) is 5.75 Å². The average molecular weight is 434 g/mol. The summed E-state index contributed by atoms with van der Waals surface area (Å²) in [6, 6.07) is 16.4. The van der Waals surface area contributed by atoms with E-state index in [4.69, 9.17) is 4.74 Å². The minimum Gasteiger partial charge on any atom is -0.497 e. The molecule has 1 saturated heterocycles. The largest absolute Gasteiger partial charge is 0.497 e. The lowest BCUT2D eigenvalue weighted by atomic mass is 10.1. The van der Waals surface area contributed by atoms with Crippen LogP contribution in [-0.4, -0.2) is 41.5 Å². The molecule has 0 aliphatic carbocycles. The van der Waals surface area contributed by atoms with Gasteiger partial charge in [-0.15, -0.1) is 0 Å². The van der Waals surface area contributed by atoms with Crippen molar-refractivity contribution in [2.45, 2.75) is 39.8 Å². The van der Waals surface area contributed by atoms with Crippen LogP contribution in [0, 0.1) is 12.8 Å². The molecule has 0 radical (unpaired) electrons. The van der Waals surface area contributed by atoms with Gasteiger partial charge in [0.1, 0.15) is 5.75 Å². The number of hydrogen-bond acceptors (Lipinski definition) is 3. The van der Waals surface area contributed by atoms with E-state index >= 15 is 0 Å². The number of carbonyl (C=O) groups excluding carboxylic acids is 2. The molecule has 2 heterocycles. The van der Waals surface area contributed by atoms with Crippen LogP contribution in [0.2, 0.25) is 0 Å². The number of rotatable bonds is 8. The third-order valence-electron chi connectivity index (χ3n) is 6.32. The van der Waals surface area contributed by atoms with E-state index in [1.54, 1.807) is 12.0 Å². The zero-order chi connectivity index (χ0) is 22.7. The molecular formula is C26H31N3O3. The summed E-state index contributed by atoms with van der Waals surface area (Å²) >= 11 is 0. The van der Waals surface area contributed by atoms with E-state index in [2.05, 4.69) is 48.0 Å². The van der Waals surface area contributed by atoms with Gasteiger partial charge >= 0.3 is 0 Å². The summed E-state index contributed by atoms with van der Waals surface area (Å²) in [5.74, 6) is 0.534. The summed E-state index contributed by atoms with van der Waals surface area (Å²) < 4.78 is 7.42. The van der Waals surface area contributed by atoms with Gasteiger partial charge in [-0.05, 0) is 56.2 Å². The SMILES string of the molecule is CCn1c(CNC(=O)[C@H]2CC(=O)N(CCc3ccc(OC)cc3)C2)cc2cc(C)ccc21. The molecular weight excluding hydrogens is 402 g/mol. The Balaban J connectivity index is 1.33. The highest BCUT2D eigenvalue weighted by Gasteiger charge is 2.33. The van der Waals surface area contributed by atoms with Crippen LogP contribution >= 0.6 is 0 Å². The maximum atomic E-state index is 12.8. The predicted octanol–water partition coefficient (Wildman–Crippen LogP) is 3.69. The summed E-state index contributed by atoms with van der Waals surface area (Å²) in [5, 5.41) is 4.26. The highest BCUT2D eigenvalue weighted by Crippen LogP contribution is 2.23. The van der Waals surface area contributed by atoms with E-state index in [0.717, 1.165) is 30.0 Å². The molecule has 0 unspecified atom stereocenters. The van der Waals surface area contributed by atoms with Crippen LogP contribution in [0.15, 0.2) is 48.5 Å². The molecule has 1 fully saturated rings. The zero-order valence-corrected chi connectivity index (χ0v) is 19.1. The molecule has 168 valence electrons. The van der Waals surface area contributed by atoms with Crippen LogP contribution in [0.1, 0.15) is 30.2 Å². The third kappa shape index (κ3) is 4.64. The first-order chi connectivity index (χ1) is 15.5. The number of carbonyl (C=O) groups is 2. The van der Waals surface area contributed by atoms with Crippen LogP contribution in [0.3, 0.4) is 0 Å². The molecule has 1 aromatic heterocycles. The molecule has 2 amide bonds. The number of nitrogens with one attached hydrogen (secondary N) is 1. The molecule has 3 aromatic rings. The second kappa shape index (κ2) is 9.47. The summed E-state index contributed by atoms with van der Waals surface area (Å²) in [6.07, 6.45) is 1.05. The Morgan fingerprint density at radius 3 is 2.66 bits per heavy atom. The maximum Gasteiger partial charge on any atom is 0.225 e.